The predicted octanol–water partition coefficient (Wildman–Crippen LogP) is 5.50. The fraction of sp³-hybridized carbons (Fsp3) is 0.600. The van der Waals surface area contributed by atoms with Gasteiger partial charge in [0.05, 0.1) is 6.10 Å². The van der Waals surface area contributed by atoms with Crippen molar-refractivity contribution in [1.29, 1.82) is 0 Å². The molecule has 0 aliphatic heterocycles. The van der Waals surface area contributed by atoms with Gasteiger partial charge in [-0.15, -0.1) is 0 Å². The lowest BCUT2D eigenvalue weighted by molar-refractivity contribution is 0.157. The van der Waals surface area contributed by atoms with Crippen LogP contribution in [-0.4, -0.2) is 26.1 Å². The minimum Gasteiger partial charge on any atom is -0.417 e. The molecule has 1 N–H and O–H groups in total. The molecule has 2 atom stereocenters. The summed E-state index contributed by atoms with van der Waals surface area (Å²) < 4.78 is 6.25. The van der Waals surface area contributed by atoms with Gasteiger partial charge in [-0.3, -0.25) is 0 Å². The number of hydrogen-bond donors (Lipinski definition) is 1. The molecular weight excluding hydrogens is 300 g/mol. The molecule has 1 aromatic rings. The Hall–Kier alpha value is -0.903. The summed E-state index contributed by atoms with van der Waals surface area (Å²) in [5, 5.41) is 10.6. The van der Waals surface area contributed by atoms with Gasteiger partial charge in [-0.05, 0) is 48.5 Å². The first-order valence-electron chi connectivity index (χ1n) is 8.59. The van der Waals surface area contributed by atoms with E-state index in [1.807, 2.05) is 24.3 Å². The van der Waals surface area contributed by atoms with Crippen LogP contribution >= 0.6 is 0 Å². The molecule has 0 aromatic heterocycles. The summed E-state index contributed by atoms with van der Waals surface area (Å²) in [4.78, 5) is 0. The molecule has 0 spiro atoms. The van der Waals surface area contributed by atoms with E-state index in [0.717, 1.165) is 24.2 Å². The van der Waals surface area contributed by atoms with Gasteiger partial charge in [0.25, 0.3) is 0 Å². The maximum atomic E-state index is 10.3. The summed E-state index contributed by atoms with van der Waals surface area (Å²) in [6.07, 6.45) is 2.27. The highest BCUT2D eigenvalue weighted by Crippen LogP contribution is 2.36. The van der Waals surface area contributed by atoms with Crippen molar-refractivity contribution in [3.05, 3.63) is 42.0 Å². The van der Waals surface area contributed by atoms with Crippen LogP contribution in [0.25, 0.3) is 5.57 Å². The van der Waals surface area contributed by atoms with E-state index in [0.29, 0.717) is 5.92 Å². The Morgan fingerprint density at radius 1 is 1.22 bits per heavy atom. The molecule has 1 rings (SSSR count). The van der Waals surface area contributed by atoms with Crippen LogP contribution in [-0.2, 0) is 4.43 Å². The minimum absolute atomic E-state index is 0.231. The molecule has 3 heteroatoms. The van der Waals surface area contributed by atoms with Gasteiger partial charge in [-0.25, -0.2) is 0 Å². The zero-order chi connectivity index (χ0) is 17.7. The van der Waals surface area contributed by atoms with Crippen molar-refractivity contribution in [3.8, 4) is 0 Å². The Balaban J connectivity index is 2.53. The highest BCUT2D eigenvalue weighted by Gasteiger charge is 2.37. The first-order chi connectivity index (χ1) is 10.5. The number of hydrogen-bond acceptors (Lipinski definition) is 2. The fourth-order valence-electron chi connectivity index (χ4n) is 2.20. The Labute approximate surface area is 143 Å². The summed E-state index contributed by atoms with van der Waals surface area (Å²) in [7, 11) is -1.70. The summed E-state index contributed by atoms with van der Waals surface area (Å²) in [6.45, 7) is 16.2. The van der Waals surface area contributed by atoms with Crippen molar-refractivity contribution in [2.45, 2.75) is 65.3 Å². The van der Waals surface area contributed by atoms with Crippen LogP contribution in [0.15, 0.2) is 36.4 Å². The van der Waals surface area contributed by atoms with Crippen molar-refractivity contribution >= 4 is 13.9 Å². The second-order valence-corrected chi connectivity index (χ2v) is 13.0. The third-order valence-electron chi connectivity index (χ3n) is 4.85. The third kappa shape index (κ3) is 6.62. The van der Waals surface area contributed by atoms with Gasteiger partial charge >= 0.3 is 0 Å². The summed E-state index contributed by atoms with van der Waals surface area (Å²) in [6, 6.07) is 10.2. The van der Waals surface area contributed by atoms with Crippen molar-refractivity contribution < 1.29 is 9.53 Å². The van der Waals surface area contributed by atoms with Crippen LogP contribution in [0.1, 0.15) is 46.6 Å². The summed E-state index contributed by atoms with van der Waals surface area (Å²) in [5.74, 6) is 0.346. The molecule has 1 aromatic carbocycles. The number of rotatable bonds is 7. The molecule has 0 aliphatic carbocycles. The van der Waals surface area contributed by atoms with Gasteiger partial charge in [0, 0.05) is 6.61 Å². The largest absolute Gasteiger partial charge is 0.417 e. The van der Waals surface area contributed by atoms with Gasteiger partial charge in [-0.2, -0.15) is 0 Å². The van der Waals surface area contributed by atoms with Crippen LogP contribution in [0.3, 0.4) is 0 Å². The highest BCUT2D eigenvalue weighted by atomic mass is 28.4. The lowest BCUT2D eigenvalue weighted by atomic mass is 10.0. The zero-order valence-electron chi connectivity index (χ0n) is 15.9. The number of aliphatic hydroxyl groups excluding tert-OH is 1. The first kappa shape index (κ1) is 20.1. The van der Waals surface area contributed by atoms with Crippen molar-refractivity contribution in [3.63, 3.8) is 0 Å². The Morgan fingerprint density at radius 2 is 1.78 bits per heavy atom. The molecule has 0 bridgehead atoms. The van der Waals surface area contributed by atoms with E-state index in [-0.39, 0.29) is 5.04 Å². The number of benzene rings is 1. The minimum atomic E-state index is -1.70. The van der Waals surface area contributed by atoms with E-state index in [9.17, 15) is 5.11 Å². The van der Waals surface area contributed by atoms with E-state index < -0.39 is 14.4 Å². The quantitative estimate of drug-likeness (QED) is 0.667. The molecule has 0 amide bonds. The molecule has 0 saturated heterocycles. The predicted molar refractivity (Wildman–Crippen MR) is 103 cm³/mol. The molecule has 0 heterocycles. The second-order valence-electron chi connectivity index (χ2n) is 8.20. The maximum Gasteiger partial charge on any atom is 0.191 e. The Bertz CT molecular complexity index is 500. The topological polar surface area (TPSA) is 29.5 Å². The van der Waals surface area contributed by atoms with E-state index in [1.54, 1.807) is 0 Å². The zero-order valence-corrected chi connectivity index (χ0v) is 16.9. The van der Waals surface area contributed by atoms with Gasteiger partial charge < -0.3 is 9.53 Å². The highest BCUT2D eigenvalue weighted by molar-refractivity contribution is 6.74. The third-order valence-corrected chi connectivity index (χ3v) is 9.35. The normalized spacial score (nSPS) is 16.3. The lowest BCUT2D eigenvalue weighted by Crippen LogP contribution is -2.41. The molecule has 0 saturated carbocycles. The smallest absolute Gasteiger partial charge is 0.191 e. The summed E-state index contributed by atoms with van der Waals surface area (Å²) >= 11 is 0. The average Bonchev–Trinajstić information content (AvgIpc) is 2.44. The maximum absolute atomic E-state index is 10.3. The van der Waals surface area contributed by atoms with E-state index in [2.05, 4.69) is 59.8 Å². The van der Waals surface area contributed by atoms with Gasteiger partial charge in [0.1, 0.15) is 0 Å². The van der Waals surface area contributed by atoms with Crippen molar-refractivity contribution in [2.24, 2.45) is 5.92 Å². The fourth-order valence-corrected chi connectivity index (χ4v) is 3.34. The molecule has 0 aliphatic rings. The van der Waals surface area contributed by atoms with Gasteiger partial charge in [-0.1, -0.05) is 64.1 Å². The second kappa shape index (κ2) is 8.27. The molecule has 23 heavy (non-hydrogen) atoms. The van der Waals surface area contributed by atoms with Gasteiger partial charge in [0.15, 0.2) is 8.32 Å². The monoisotopic (exact) mass is 334 g/mol. The number of allylic oxidation sites excluding steroid dienone is 1. The Morgan fingerprint density at radius 3 is 2.30 bits per heavy atom. The standard InChI is InChI=1S/C20H34O2Si/c1-16(15-22-23(6,7)20(3,4)5)13-19(21)14-17(2)18-11-9-8-10-12-18/h8-12,14,16,19,21H,13,15H2,1-7H3/b17-14+/t16-,19?/m0/s1. The van der Waals surface area contributed by atoms with Crippen LogP contribution < -0.4 is 0 Å². The van der Waals surface area contributed by atoms with E-state index in [1.165, 1.54) is 0 Å². The van der Waals surface area contributed by atoms with Gasteiger partial charge in [0.2, 0.25) is 0 Å². The number of aliphatic hydroxyl groups is 1. The molecule has 1 unspecified atom stereocenters. The van der Waals surface area contributed by atoms with Crippen LogP contribution in [0.5, 0.6) is 0 Å². The van der Waals surface area contributed by atoms with Crippen LogP contribution in [0, 0.1) is 5.92 Å². The SMILES string of the molecule is C/C(=C\C(O)C[C@H](C)CO[Si](C)(C)C(C)(C)C)c1ccccc1. The Kier molecular flexibility index (Phi) is 7.24. The average molecular weight is 335 g/mol. The van der Waals surface area contributed by atoms with Crippen LogP contribution in [0.2, 0.25) is 18.1 Å². The molecule has 2 nitrogen and oxygen atoms in total. The van der Waals surface area contributed by atoms with Crippen molar-refractivity contribution in [2.75, 3.05) is 6.61 Å². The lowest BCUT2D eigenvalue weighted by Gasteiger charge is -2.37. The molecule has 130 valence electrons. The van der Waals surface area contributed by atoms with Crippen LogP contribution in [0.4, 0.5) is 0 Å². The van der Waals surface area contributed by atoms with E-state index in [4.69, 9.17) is 4.43 Å². The first-order valence-corrected chi connectivity index (χ1v) is 11.5. The molecular formula is C20H34O2Si. The molecule has 0 radical (unpaired) electrons. The van der Waals surface area contributed by atoms with E-state index >= 15 is 0 Å². The summed E-state index contributed by atoms with van der Waals surface area (Å²) in [5.41, 5.74) is 2.28. The molecule has 0 fully saturated rings. The van der Waals surface area contributed by atoms with Crippen molar-refractivity contribution in [1.82, 2.24) is 0 Å².